The van der Waals surface area contributed by atoms with Crippen LogP contribution in [0.25, 0.3) is 0 Å². The number of phenols is 1. The lowest BCUT2D eigenvalue weighted by atomic mass is 9.94. The average molecular weight is 233 g/mol. The van der Waals surface area contributed by atoms with Crippen molar-refractivity contribution >= 4 is 0 Å². The van der Waals surface area contributed by atoms with Gasteiger partial charge in [-0.05, 0) is 30.5 Å². The van der Waals surface area contributed by atoms with Crippen LogP contribution < -0.4 is 5.73 Å². The van der Waals surface area contributed by atoms with Crippen LogP contribution in [0, 0.1) is 0 Å². The topological polar surface area (TPSA) is 46.2 Å². The number of nitrogens with two attached hydrogens (primary N) is 1. The monoisotopic (exact) mass is 233 g/mol. The van der Waals surface area contributed by atoms with Crippen LogP contribution >= 0.6 is 0 Å². The van der Waals surface area contributed by atoms with Crippen LogP contribution in [-0.2, 0) is 6.18 Å². The summed E-state index contributed by atoms with van der Waals surface area (Å²) in [6.07, 6.45) is -3.99. The third kappa shape index (κ3) is 2.66. The van der Waals surface area contributed by atoms with Crippen molar-refractivity contribution in [3.05, 3.63) is 29.3 Å². The van der Waals surface area contributed by atoms with Gasteiger partial charge in [0.05, 0.1) is 5.56 Å². The molecule has 0 aliphatic heterocycles. The zero-order valence-corrected chi connectivity index (χ0v) is 8.88. The number of alkyl halides is 3. The Hall–Kier alpha value is -1.23. The predicted molar refractivity (Wildman–Crippen MR) is 55.2 cm³/mol. The van der Waals surface area contributed by atoms with Crippen molar-refractivity contribution in [1.82, 2.24) is 0 Å². The Balaban J connectivity index is 3.14. The van der Waals surface area contributed by atoms with Crippen LogP contribution in [0.4, 0.5) is 13.2 Å². The fourth-order valence-electron chi connectivity index (χ4n) is 1.59. The molecule has 0 aliphatic rings. The lowest BCUT2D eigenvalue weighted by molar-refractivity contribution is -0.138. The third-order valence-electron chi connectivity index (χ3n) is 2.50. The zero-order valence-electron chi connectivity index (χ0n) is 8.88. The number of hydrogen-bond acceptors (Lipinski definition) is 2. The summed E-state index contributed by atoms with van der Waals surface area (Å²) in [6, 6.07) is 3.66. The van der Waals surface area contributed by atoms with E-state index in [1.54, 1.807) is 6.92 Å². The van der Waals surface area contributed by atoms with Crippen molar-refractivity contribution in [2.45, 2.75) is 25.4 Å². The molecule has 0 radical (unpaired) electrons. The third-order valence-corrected chi connectivity index (χ3v) is 2.50. The number of para-hydroxylation sites is 1. The summed E-state index contributed by atoms with van der Waals surface area (Å²) in [5, 5.41) is 9.56. The molecule has 0 bridgehead atoms. The maximum absolute atomic E-state index is 12.5. The van der Waals surface area contributed by atoms with Gasteiger partial charge in [-0.25, -0.2) is 0 Å². The van der Waals surface area contributed by atoms with E-state index in [0.717, 1.165) is 6.07 Å². The second-order valence-electron chi connectivity index (χ2n) is 3.72. The minimum atomic E-state index is -4.53. The van der Waals surface area contributed by atoms with E-state index in [0.29, 0.717) is 18.5 Å². The van der Waals surface area contributed by atoms with Crippen LogP contribution in [0.15, 0.2) is 18.2 Å². The molecule has 0 aromatic heterocycles. The molecule has 1 rings (SSSR count). The summed E-state index contributed by atoms with van der Waals surface area (Å²) >= 11 is 0. The van der Waals surface area contributed by atoms with Gasteiger partial charge in [0, 0.05) is 0 Å². The smallest absolute Gasteiger partial charge is 0.419 e. The van der Waals surface area contributed by atoms with Gasteiger partial charge in [0.1, 0.15) is 5.75 Å². The highest BCUT2D eigenvalue weighted by Gasteiger charge is 2.34. The quantitative estimate of drug-likeness (QED) is 0.843. The van der Waals surface area contributed by atoms with Gasteiger partial charge in [-0.1, -0.05) is 19.1 Å². The Morgan fingerprint density at radius 2 is 2.00 bits per heavy atom. The largest absolute Gasteiger partial charge is 0.507 e. The maximum Gasteiger partial charge on any atom is 0.419 e. The summed E-state index contributed by atoms with van der Waals surface area (Å²) in [5.41, 5.74) is 4.64. The Morgan fingerprint density at radius 3 is 2.50 bits per heavy atom. The van der Waals surface area contributed by atoms with E-state index in [9.17, 15) is 18.3 Å². The van der Waals surface area contributed by atoms with Crippen LogP contribution in [0.5, 0.6) is 5.75 Å². The number of benzene rings is 1. The van der Waals surface area contributed by atoms with Crippen molar-refractivity contribution in [2.75, 3.05) is 6.54 Å². The highest BCUT2D eigenvalue weighted by molar-refractivity contribution is 5.43. The minimum absolute atomic E-state index is 0.188. The standard InChI is InChI=1S/C11H14F3NO/c1-7(5-6-15)8-3-2-4-9(10(8)16)11(12,13)14/h2-4,7,16H,5-6,15H2,1H3. The van der Waals surface area contributed by atoms with Gasteiger partial charge in [0.2, 0.25) is 0 Å². The summed E-state index contributed by atoms with van der Waals surface area (Å²) in [7, 11) is 0. The molecule has 90 valence electrons. The van der Waals surface area contributed by atoms with E-state index in [1.165, 1.54) is 12.1 Å². The summed E-state index contributed by atoms with van der Waals surface area (Å²) < 4.78 is 37.5. The normalized spacial score (nSPS) is 13.8. The molecule has 0 heterocycles. The lowest BCUT2D eigenvalue weighted by Crippen LogP contribution is -2.09. The highest BCUT2D eigenvalue weighted by Crippen LogP contribution is 2.40. The van der Waals surface area contributed by atoms with Crippen molar-refractivity contribution in [3.8, 4) is 5.75 Å². The Bertz CT molecular complexity index is 363. The van der Waals surface area contributed by atoms with Crippen LogP contribution in [-0.4, -0.2) is 11.7 Å². The molecule has 1 atom stereocenters. The summed E-state index contributed by atoms with van der Waals surface area (Å²) in [4.78, 5) is 0. The molecule has 0 saturated carbocycles. The first kappa shape index (κ1) is 12.8. The van der Waals surface area contributed by atoms with Gasteiger partial charge in [0.15, 0.2) is 0 Å². The van der Waals surface area contributed by atoms with Gasteiger partial charge in [-0.15, -0.1) is 0 Å². The summed E-state index contributed by atoms with van der Waals surface area (Å²) in [6.45, 7) is 2.11. The van der Waals surface area contributed by atoms with E-state index in [1.807, 2.05) is 0 Å². The zero-order chi connectivity index (χ0) is 12.3. The van der Waals surface area contributed by atoms with E-state index in [2.05, 4.69) is 0 Å². The maximum atomic E-state index is 12.5. The molecule has 1 aromatic rings. The Labute approximate surface area is 91.9 Å². The van der Waals surface area contributed by atoms with Crippen LogP contribution in [0.3, 0.4) is 0 Å². The molecule has 1 aromatic carbocycles. The second kappa shape index (κ2) is 4.74. The summed E-state index contributed by atoms with van der Waals surface area (Å²) in [5.74, 6) is -0.872. The SMILES string of the molecule is CC(CCN)c1cccc(C(F)(F)F)c1O. The first-order valence-electron chi connectivity index (χ1n) is 4.97. The first-order valence-corrected chi connectivity index (χ1v) is 4.97. The van der Waals surface area contributed by atoms with E-state index in [4.69, 9.17) is 5.73 Å². The molecule has 0 spiro atoms. The molecular weight excluding hydrogens is 219 g/mol. The molecule has 0 amide bonds. The van der Waals surface area contributed by atoms with Crippen molar-refractivity contribution in [2.24, 2.45) is 5.73 Å². The molecular formula is C11H14F3NO. The fraction of sp³-hybridized carbons (Fsp3) is 0.455. The van der Waals surface area contributed by atoms with Crippen molar-refractivity contribution < 1.29 is 18.3 Å². The van der Waals surface area contributed by atoms with Crippen molar-refractivity contribution in [3.63, 3.8) is 0 Å². The molecule has 0 saturated heterocycles. The van der Waals surface area contributed by atoms with Gasteiger partial charge in [-0.3, -0.25) is 0 Å². The number of hydrogen-bond donors (Lipinski definition) is 2. The van der Waals surface area contributed by atoms with E-state index < -0.39 is 17.5 Å². The van der Waals surface area contributed by atoms with Gasteiger partial charge in [0.25, 0.3) is 0 Å². The molecule has 3 N–H and O–H groups in total. The van der Waals surface area contributed by atoms with Crippen molar-refractivity contribution in [1.29, 1.82) is 0 Å². The molecule has 16 heavy (non-hydrogen) atoms. The number of phenolic OH excluding ortho intramolecular Hbond substituents is 1. The first-order chi connectivity index (χ1) is 7.38. The predicted octanol–water partition coefficient (Wildman–Crippen LogP) is 2.86. The number of rotatable bonds is 3. The molecule has 0 aliphatic carbocycles. The Kier molecular flexibility index (Phi) is 3.80. The van der Waals surface area contributed by atoms with Crippen LogP contribution in [0.2, 0.25) is 0 Å². The number of halogens is 3. The van der Waals surface area contributed by atoms with Gasteiger partial charge < -0.3 is 10.8 Å². The van der Waals surface area contributed by atoms with E-state index >= 15 is 0 Å². The average Bonchev–Trinajstić information content (AvgIpc) is 2.16. The van der Waals surface area contributed by atoms with E-state index in [-0.39, 0.29) is 5.92 Å². The molecule has 5 heteroatoms. The fourth-order valence-corrected chi connectivity index (χ4v) is 1.59. The Morgan fingerprint density at radius 1 is 1.38 bits per heavy atom. The molecule has 0 fully saturated rings. The highest BCUT2D eigenvalue weighted by atomic mass is 19.4. The molecule has 1 unspecified atom stereocenters. The van der Waals surface area contributed by atoms with Gasteiger partial charge in [-0.2, -0.15) is 13.2 Å². The minimum Gasteiger partial charge on any atom is -0.507 e. The number of aromatic hydroxyl groups is 1. The van der Waals surface area contributed by atoms with Crippen LogP contribution in [0.1, 0.15) is 30.4 Å². The second-order valence-corrected chi connectivity index (χ2v) is 3.72. The lowest BCUT2D eigenvalue weighted by Gasteiger charge is -2.16. The molecule has 2 nitrogen and oxygen atoms in total. The van der Waals surface area contributed by atoms with Gasteiger partial charge >= 0.3 is 6.18 Å².